The van der Waals surface area contributed by atoms with E-state index >= 15 is 0 Å². The van der Waals surface area contributed by atoms with Gasteiger partial charge in [0.15, 0.2) is 5.13 Å². The smallest absolute Gasteiger partial charge is 0.224 e. The summed E-state index contributed by atoms with van der Waals surface area (Å²) in [7, 11) is 0. The van der Waals surface area contributed by atoms with Crippen LogP contribution in [0.25, 0.3) is 10.2 Å². The molecule has 1 amide bonds. The van der Waals surface area contributed by atoms with Crippen molar-refractivity contribution in [3.63, 3.8) is 0 Å². The molecule has 7 heteroatoms. The van der Waals surface area contributed by atoms with Crippen molar-refractivity contribution >= 4 is 38.3 Å². The van der Waals surface area contributed by atoms with E-state index in [2.05, 4.69) is 15.6 Å². The first-order valence-electron chi connectivity index (χ1n) is 8.50. The summed E-state index contributed by atoms with van der Waals surface area (Å²) >= 11 is 1.56. The lowest BCUT2D eigenvalue weighted by Crippen LogP contribution is -2.26. The third kappa shape index (κ3) is 3.79. The molecule has 3 N–H and O–H groups in total. The number of aryl methyl sites for hydroxylation is 1. The van der Waals surface area contributed by atoms with E-state index in [-0.39, 0.29) is 12.5 Å². The fourth-order valence-electron chi connectivity index (χ4n) is 2.85. The topological polar surface area (TPSA) is 83.5 Å². The van der Waals surface area contributed by atoms with Crippen LogP contribution in [0.15, 0.2) is 42.5 Å². The number of carbonyl (C=O) groups is 1. The Kier molecular flexibility index (Phi) is 4.73. The maximum Gasteiger partial charge on any atom is 0.224 e. The molecule has 2 heterocycles. The number of carbonyl (C=O) groups excluding carboxylic acids is 1. The average Bonchev–Trinajstić information content (AvgIpc) is 3.07. The molecule has 3 aromatic rings. The van der Waals surface area contributed by atoms with Crippen molar-refractivity contribution in [1.82, 2.24) is 4.98 Å². The summed E-state index contributed by atoms with van der Waals surface area (Å²) < 4.78 is 6.80. The van der Waals surface area contributed by atoms with E-state index in [4.69, 9.17) is 4.74 Å². The highest BCUT2D eigenvalue weighted by Gasteiger charge is 2.15. The molecule has 4 rings (SSSR count). The molecule has 1 aliphatic rings. The number of ether oxygens (including phenoxy) is 1. The molecular weight excluding hydrogens is 350 g/mol. The largest absolute Gasteiger partial charge is 0.491 e. The number of thiazole rings is 1. The van der Waals surface area contributed by atoms with E-state index < -0.39 is 6.10 Å². The number of benzene rings is 2. The molecule has 0 bridgehead atoms. The highest BCUT2D eigenvalue weighted by molar-refractivity contribution is 7.22. The molecule has 26 heavy (non-hydrogen) atoms. The number of rotatable bonds is 6. The van der Waals surface area contributed by atoms with Crippen molar-refractivity contribution in [2.75, 3.05) is 23.8 Å². The molecule has 6 nitrogen and oxygen atoms in total. The van der Waals surface area contributed by atoms with Crippen LogP contribution < -0.4 is 15.4 Å². The van der Waals surface area contributed by atoms with Gasteiger partial charge in [0.05, 0.1) is 10.2 Å². The van der Waals surface area contributed by atoms with Gasteiger partial charge in [0.25, 0.3) is 0 Å². The van der Waals surface area contributed by atoms with Gasteiger partial charge < -0.3 is 20.5 Å². The second-order valence-electron chi connectivity index (χ2n) is 6.20. The number of anilines is 2. The Hall–Kier alpha value is -2.64. The van der Waals surface area contributed by atoms with Gasteiger partial charge in [-0.3, -0.25) is 4.79 Å². The van der Waals surface area contributed by atoms with E-state index in [9.17, 15) is 9.90 Å². The van der Waals surface area contributed by atoms with Gasteiger partial charge in [-0.15, -0.1) is 0 Å². The van der Waals surface area contributed by atoms with Crippen LogP contribution in [0.2, 0.25) is 0 Å². The summed E-state index contributed by atoms with van der Waals surface area (Å²) in [5, 5.41) is 16.9. The summed E-state index contributed by atoms with van der Waals surface area (Å²) in [4.78, 5) is 15.9. The van der Waals surface area contributed by atoms with Crippen LogP contribution in [0, 0.1) is 0 Å². The van der Waals surface area contributed by atoms with Crippen molar-refractivity contribution in [2.24, 2.45) is 0 Å². The molecule has 1 aromatic heterocycles. The van der Waals surface area contributed by atoms with Gasteiger partial charge in [0.1, 0.15) is 18.5 Å². The van der Waals surface area contributed by atoms with E-state index in [0.29, 0.717) is 25.1 Å². The number of aliphatic hydroxyl groups is 1. The Morgan fingerprint density at radius 1 is 1.27 bits per heavy atom. The number of hydrogen-bond donors (Lipinski definition) is 3. The molecule has 134 valence electrons. The molecule has 0 saturated carbocycles. The van der Waals surface area contributed by atoms with Crippen LogP contribution in [-0.4, -0.2) is 35.3 Å². The number of nitrogens with zero attached hydrogens (tertiary/aromatic N) is 1. The predicted molar refractivity (Wildman–Crippen MR) is 103 cm³/mol. The summed E-state index contributed by atoms with van der Waals surface area (Å²) in [6.45, 7) is 0.545. The Bertz CT molecular complexity index is 908. The lowest BCUT2D eigenvalue weighted by Gasteiger charge is -2.18. The number of para-hydroxylation sites is 1. The maximum absolute atomic E-state index is 11.4. The standard InChI is InChI=1S/C19H19N3O3S/c23-13(10-20-19-22-16-3-1-2-4-17(16)26-19)11-25-14-6-7-15-12(9-14)5-8-18(24)21-15/h1-4,6-7,9,13,23H,5,8,10-11H2,(H,20,22)(H,21,24). The molecule has 0 fully saturated rings. The number of nitrogens with one attached hydrogen (secondary N) is 2. The molecule has 0 radical (unpaired) electrons. The van der Waals surface area contributed by atoms with Gasteiger partial charge in [-0.05, 0) is 42.3 Å². The Morgan fingerprint density at radius 2 is 2.15 bits per heavy atom. The summed E-state index contributed by atoms with van der Waals surface area (Å²) in [6.07, 6.45) is 0.545. The van der Waals surface area contributed by atoms with Gasteiger partial charge in [-0.2, -0.15) is 0 Å². The van der Waals surface area contributed by atoms with Gasteiger partial charge in [0.2, 0.25) is 5.91 Å². The van der Waals surface area contributed by atoms with Gasteiger partial charge in [-0.25, -0.2) is 4.98 Å². The first-order valence-corrected chi connectivity index (χ1v) is 9.32. The third-order valence-corrected chi connectivity index (χ3v) is 5.19. The number of aliphatic hydroxyl groups excluding tert-OH is 1. The minimum absolute atomic E-state index is 0.0440. The Labute approximate surface area is 154 Å². The van der Waals surface area contributed by atoms with Crippen LogP contribution in [0.5, 0.6) is 5.75 Å². The number of amides is 1. The fraction of sp³-hybridized carbons (Fsp3) is 0.263. The number of fused-ring (bicyclic) bond motifs is 2. The zero-order valence-corrected chi connectivity index (χ0v) is 14.9. The average molecular weight is 369 g/mol. The van der Waals surface area contributed by atoms with E-state index in [0.717, 1.165) is 26.6 Å². The minimum atomic E-state index is -0.655. The molecule has 1 aliphatic heterocycles. The van der Waals surface area contributed by atoms with Crippen LogP contribution in [-0.2, 0) is 11.2 Å². The normalized spacial score (nSPS) is 14.6. The second-order valence-corrected chi connectivity index (χ2v) is 7.23. The molecular formula is C19H19N3O3S. The van der Waals surface area contributed by atoms with Gasteiger partial charge in [0, 0.05) is 18.7 Å². The molecule has 2 aromatic carbocycles. The summed E-state index contributed by atoms with van der Waals surface area (Å²) in [5.41, 5.74) is 2.85. The first-order chi connectivity index (χ1) is 12.7. The Balaban J connectivity index is 1.30. The SMILES string of the molecule is O=C1CCc2cc(OCC(O)CNc3nc4ccccc4s3)ccc2N1. The van der Waals surface area contributed by atoms with Crippen LogP contribution in [0.1, 0.15) is 12.0 Å². The zero-order valence-electron chi connectivity index (χ0n) is 14.1. The van der Waals surface area contributed by atoms with Crippen molar-refractivity contribution in [3.8, 4) is 5.75 Å². The van der Waals surface area contributed by atoms with E-state index in [1.807, 2.05) is 36.4 Å². The van der Waals surface area contributed by atoms with Crippen molar-refractivity contribution in [2.45, 2.75) is 18.9 Å². The van der Waals surface area contributed by atoms with Crippen molar-refractivity contribution < 1.29 is 14.6 Å². The highest BCUT2D eigenvalue weighted by atomic mass is 32.1. The molecule has 0 saturated heterocycles. The predicted octanol–water partition coefficient (Wildman–Crippen LogP) is 3.03. The third-order valence-electron chi connectivity index (χ3n) is 4.20. The maximum atomic E-state index is 11.4. The lowest BCUT2D eigenvalue weighted by molar-refractivity contribution is -0.116. The quantitative estimate of drug-likeness (QED) is 0.622. The molecule has 1 atom stereocenters. The summed E-state index contributed by atoms with van der Waals surface area (Å²) in [5.74, 6) is 0.737. The summed E-state index contributed by atoms with van der Waals surface area (Å²) in [6, 6.07) is 13.5. The lowest BCUT2D eigenvalue weighted by atomic mass is 10.0. The molecule has 0 spiro atoms. The van der Waals surface area contributed by atoms with Gasteiger partial charge >= 0.3 is 0 Å². The fourth-order valence-corrected chi connectivity index (χ4v) is 3.73. The Morgan fingerprint density at radius 3 is 3.04 bits per heavy atom. The number of aromatic nitrogens is 1. The van der Waals surface area contributed by atoms with Crippen molar-refractivity contribution in [3.05, 3.63) is 48.0 Å². The number of hydrogen-bond acceptors (Lipinski definition) is 6. The monoisotopic (exact) mass is 369 g/mol. The zero-order chi connectivity index (χ0) is 17.9. The van der Waals surface area contributed by atoms with E-state index in [1.54, 1.807) is 17.4 Å². The molecule has 1 unspecified atom stereocenters. The first kappa shape index (κ1) is 16.8. The molecule has 0 aliphatic carbocycles. The second kappa shape index (κ2) is 7.31. The van der Waals surface area contributed by atoms with Gasteiger partial charge in [-0.1, -0.05) is 23.5 Å². The van der Waals surface area contributed by atoms with Crippen LogP contribution in [0.3, 0.4) is 0 Å². The minimum Gasteiger partial charge on any atom is -0.491 e. The van der Waals surface area contributed by atoms with Crippen molar-refractivity contribution in [1.29, 1.82) is 0 Å². The highest BCUT2D eigenvalue weighted by Crippen LogP contribution is 2.27. The van der Waals surface area contributed by atoms with Crippen LogP contribution in [0.4, 0.5) is 10.8 Å². The van der Waals surface area contributed by atoms with E-state index in [1.165, 1.54) is 0 Å². The van der Waals surface area contributed by atoms with Crippen LogP contribution >= 0.6 is 11.3 Å².